The fraction of sp³-hybridized carbons (Fsp3) is 0.250. The Labute approximate surface area is 113 Å². The molecule has 92 valence electrons. The molecule has 0 fully saturated rings. The molecule has 0 atom stereocenters. The van der Waals surface area contributed by atoms with E-state index in [4.69, 9.17) is 0 Å². The second-order valence-electron chi connectivity index (χ2n) is 4.65. The van der Waals surface area contributed by atoms with Crippen LogP contribution in [0.5, 0.6) is 0 Å². The van der Waals surface area contributed by atoms with Crippen molar-refractivity contribution in [2.24, 2.45) is 0 Å². The molecule has 0 N–H and O–H groups in total. The van der Waals surface area contributed by atoms with E-state index >= 15 is 0 Å². The third-order valence-corrected chi connectivity index (χ3v) is 4.41. The van der Waals surface area contributed by atoms with Gasteiger partial charge < -0.3 is 4.31 Å². The minimum atomic E-state index is 1.01. The number of hydrogen-bond donors (Lipinski definition) is 0. The third-order valence-electron chi connectivity index (χ3n) is 3.26. The summed E-state index contributed by atoms with van der Waals surface area (Å²) in [6, 6.07) is 17.6. The third kappa shape index (κ3) is 2.25. The second-order valence-corrected chi connectivity index (χ2v) is 5.72. The molecule has 0 aromatic heterocycles. The number of aryl methyl sites for hydroxylation is 1. The average molecular weight is 255 g/mol. The Morgan fingerprint density at radius 1 is 1.06 bits per heavy atom. The van der Waals surface area contributed by atoms with Gasteiger partial charge in [-0.05, 0) is 47.7 Å². The molecule has 18 heavy (non-hydrogen) atoms. The molecule has 0 bridgehead atoms. The van der Waals surface area contributed by atoms with Gasteiger partial charge in [-0.1, -0.05) is 43.7 Å². The fourth-order valence-corrected chi connectivity index (χ4v) is 3.35. The maximum atomic E-state index is 2.36. The predicted octanol–water partition coefficient (Wildman–Crippen LogP) is 4.67. The number of nitrogens with zero attached hydrogens (tertiary/aromatic N) is 1. The van der Waals surface area contributed by atoms with E-state index in [2.05, 4.69) is 59.8 Å². The first-order valence-corrected chi connectivity index (χ1v) is 7.26. The standard InChI is InChI=1S/C16H17NS/c1-2-5-13-8-10-15(11-9-13)17-12-14-6-3-4-7-16(14)18-17/h3-4,6-11H,2,5,12H2,1H3. The molecule has 0 saturated carbocycles. The van der Waals surface area contributed by atoms with Crippen molar-refractivity contribution in [1.29, 1.82) is 0 Å². The number of fused-ring (bicyclic) bond motifs is 1. The van der Waals surface area contributed by atoms with E-state index in [0.717, 1.165) is 6.54 Å². The molecular weight excluding hydrogens is 238 g/mol. The van der Waals surface area contributed by atoms with Gasteiger partial charge in [0.25, 0.3) is 0 Å². The van der Waals surface area contributed by atoms with Gasteiger partial charge in [-0.25, -0.2) is 0 Å². The molecular formula is C16H17NS. The highest BCUT2D eigenvalue weighted by molar-refractivity contribution is 8.01. The van der Waals surface area contributed by atoms with E-state index in [9.17, 15) is 0 Å². The van der Waals surface area contributed by atoms with Crippen LogP contribution in [0.3, 0.4) is 0 Å². The van der Waals surface area contributed by atoms with Crippen LogP contribution in [0.4, 0.5) is 5.69 Å². The Kier molecular flexibility index (Phi) is 3.28. The van der Waals surface area contributed by atoms with Gasteiger partial charge in [-0.2, -0.15) is 0 Å². The van der Waals surface area contributed by atoms with Gasteiger partial charge in [0.05, 0.1) is 6.54 Å². The van der Waals surface area contributed by atoms with Crippen LogP contribution in [0, 0.1) is 0 Å². The van der Waals surface area contributed by atoms with Gasteiger partial charge in [0.1, 0.15) is 0 Å². The summed E-state index contributed by atoms with van der Waals surface area (Å²) >= 11 is 1.84. The molecule has 0 aliphatic carbocycles. The minimum Gasteiger partial charge on any atom is -0.308 e. The molecule has 0 spiro atoms. The molecule has 1 nitrogen and oxygen atoms in total. The van der Waals surface area contributed by atoms with Crippen LogP contribution in [-0.4, -0.2) is 0 Å². The quantitative estimate of drug-likeness (QED) is 0.733. The van der Waals surface area contributed by atoms with E-state index in [-0.39, 0.29) is 0 Å². The summed E-state index contributed by atoms with van der Waals surface area (Å²) < 4.78 is 2.36. The average Bonchev–Trinajstić information content (AvgIpc) is 2.84. The van der Waals surface area contributed by atoms with Crippen LogP contribution in [0.1, 0.15) is 24.5 Å². The monoisotopic (exact) mass is 255 g/mol. The molecule has 0 amide bonds. The lowest BCUT2D eigenvalue weighted by atomic mass is 10.1. The molecule has 2 aromatic rings. The Bertz CT molecular complexity index is 508. The zero-order valence-corrected chi connectivity index (χ0v) is 11.4. The Hall–Kier alpha value is -1.41. The molecule has 2 aromatic carbocycles. The van der Waals surface area contributed by atoms with E-state index in [1.54, 1.807) is 0 Å². The van der Waals surface area contributed by atoms with Crippen LogP contribution in [0.15, 0.2) is 53.4 Å². The molecule has 3 rings (SSSR count). The zero-order chi connectivity index (χ0) is 12.4. The molecule has 1 aliphatic rings. The smallest absolute Gasteiger partial charge is 0.0561 e. The lowest BCUT2D eigenvalue weighted by Crippen LogP contribution is -2.07. The number of benzene rings is 2. The molecule has 1 heterocycles. The Balaban J connectivity index is 1.78. The van der Waals surface area contributed by atoms with E-state index in [1.165, 1.54) is 34.6 Å². The van der Waals surface area contributed by atoms with Crippen molar-refractivity contribution in [2.45, 2.75) is 31.2 Å². The first-order valence-electron chi connectivity index (χ1n) is 6.49. The highest BCUT2D eigenvalue weighted by Gasteiger charge is 2.19. The first kappa shape index (κ1) is 11.7. The number of rotatable bonds is 3. The molecule has 0 radical (unpaired) electrons. The van der Waals surface area contributed by atoms with Gasteiger partial charge in [-0.3, -0.25) is 0 Å². The van der Waals surface area contributed by atoms with Crippen molar-refractivity contribution in [3.8, 4) is 0 Å². The van der Waals surface area contributed by atoms with Gasteiger partial charge >= 0.3 is 0 Å². The van der Waals surface area contributed by atoms with Gasteiger partial charge in [0, 0.05) is 10.6 Å². The van der Waals surface area contributed by atoms with Crippen molar-refractivity contribution in [3.05, 3.63) is 59.7 Å². The maximum Gasteiger partial charge on any atom is 0.0561 e. The summed E-state index contributed by atoms with van der Waals surface area (Å²) in [5.41, 5.74) is 4.17. The van der Waals surface area contributed by atoms with Gasteiger partial charge in [-0.15, -0.1) is 0 Å². The lowest BCUT2D eigenvalue weighted by Gasteiger charge is -2.16. The highest BCUT2D eigenvalue weighted by atomic mass is 32.2. The Morgan fingerprint density at radius 3 is 2.56 bits per heavy atom. The summed E-state index contributed by atoms with van der Waals surface area (Å²) in [4.78, 5) is 1.38. The van der Waals surface area contributed by atoms with Crippen molar-refractivity contribution < 1.29 is 0 Å². The number of anilines is 1. The van der Waals surface area contributed by atoms with Crippen molar-refractivity contribution in [3.63, 3.8) is 0 Å². The lowest BCUT2D eigenvalue weighted by molar-refractivity contribution is 0.921. The zero-order valence-electron chi connectivity index (χ0n) is 10.6. The van der Waals surface area contributed by atoms with Gasteiger partial charge in [0.15, 0.2) is 0 Å². The van der Waals surface area contributed by atoms with Crippen LogP contribution >= 0.6 is 11.9 Å². The summed E-state index contributed by atoms with van der Waals surface area (Å²) in [5.74, 6) is 0. The molecule has 0 saturated heterocycles. The summed E-state index contributed by atoms with van der Waals surface area (Å²) in [6.45, 7) is 3.23. The Morgan fingerprint density at radius 2 is 1.83 bits per heavy atom. The van der Waals surface area contributed by atoms with E-state index in [0.29, 0.717) is 0 Å². The van der Waals surface area contributed by atoms with Crippen molar-refractivity contribution in [2.75, 3.05) is 4.31 Å². The van der Waals surface area contributed by atoms with Gasteiger partial charge in [0.2, 0.25) is 0 Å². The molecule has 0 unspecified atom stereocenters. The molecule has 2 heteroatoms. The maximum absolute atomic E-state index is 2.36. The minimum absolute atomic E-state index is 1.01. The van der Waals surface area contributed by atoms with Crippen molar-refractivity contribution in [1.82, 2.24) is 0 Å². The van der Waals surface area contributed by atoms with Crippen LogP contribution in [0.25, 0.3) is 0 Å². The van der Waals surface area contributed by atoms with Crippen LogP contribution in [0.2, 0.25) is 0 Å². The normalized spacial score (nSPS) is 13.7. The fourth-order valence-electron chi connectivity index (χ4n) is 2.29. The first-order chi connectivity index (χ1) is 8.86. The van der Waals surface area contributed by atoms with Crippen molar-refractivity contribution >= 4 is 17.6 Å². The molecule has 1 aliphatic heterocycles. The predicted molar refractivity (Wildman–Crippen MR) is 78.9 cm³/mol. The largest absolute Gasteiger partial charge is 0.308 e. The summed E-state index contributed by atoms with van der Waals surface area (Å²) in [6.07, 6.45) is 2.39. The van der Waals surface area contributed by atoms with Crippen LogP contribution < -0.4 is 4.31 Å². The second kappa shape index (κ2) is 5.07. The SMILES string of the molecule is CCCc1ccc(N2Cc3ccccc3S2)cc1. The number of hydrogen-bond acceptors (Lipinski definition) is 2. The van der Waals surface area contributed by atoms with E-state index < -0.39 is 0 Å². The van der Waals surface area contributed by atoms with E-state index in [1.807, 2.05) is 11.9 Å². The highest BCUT2D eigenvalue weighted by Crippen LogP contribution is 2.39. The summed E-state index contributed by atoms with van der Waals surface area (Å²) in [7, 11) is 0. The topological polar surface area (TPSA) is 3.24 Å². The summed E-state index contributed by atoms with van der Waals surface area (Å²) in [5, 5.41) is 0. The van der Waals surface area contributed by atoms with Crippen LogP contribution in [-0.2, 0) is 13.0 Å².